The van der Waals surface area contributed by atoms with Gasteiger partial charge in [0.15, 0.2) is 0 Å². The first kappa shape index (κ1) is 14.4. The summed E-state index contributed by atoms with van der Waals surface area (Å²) in [7, 11) is 1.46. The van der Waals surface area contributed by atoms with E-state index in [-0.39, 0.29) is 11.4 Å². The molecule has 0 aliphatic heterocycles. The number of carbonyl (C=O) groups excluding carboxylic acids is 1. The Kier molecular flexibility index (Phi) is 3.90. The van der Waals surface area contributed by atoms with E-state index in [4.69, 9.17) is 4.74 Å². The molecule has 1 aromatic carbocycles. The second-order valence-corrected chi connectivity index (χ2v) is 6.97. The van der Waals surface area contributed by atoms with E-state index in [1.165, 1.54) is 7.11 Å². The Morgan fingerprint density at radius 3 is 2.63 bits per heavy atom. The lowest BCUT2D eigenvalue weighted by molar-refractivity contribution is -0.146. The molecule has 1 unspecified atom stereocenters. The van der Waals surface area contributed by atoms with Crippen LogP contribution >= 0.6 is 15.9 Å². The quantitative estimate of drug-likeness (QED) is 0.854. The highest BCUT2D eigenvalue weighted by molar-refractivity contribution is 9.10. The van der Waals surface area contributed by atoms with Crippen LogP contribution in [-0.4, -0.2) is 18.6 Å². The zero-order valence-corrected chi connectivity index (χ0v) is 13.2. The zero-order valence-electron chi connectivity index (χ0n) is 11.6. The average Bonchev–Trinajstić information content (AvgIpc) is 2.65. The number of methoxy groups -OCH3 is 1. The molecule has 0 saturated heterocycles. The Labute approximate surface area is 122 Å². The van der Waals surface area contributed by atoms with Gasteiger partial charge in [-0.3, -0.25) is 0 Å². The molecular formula is C15H20BrNO2. The van der Waals surface area contributed by atoms with E-state index >= 15 is 0 Å². The Morgan fingerprint density at radius 2 is 2.11 bits per heavy atom. The third kappa shape index (κ3) is 3.11. The van der Waals surface area contributed by atoms with E-state index in [2.05, 4.69) is 35.1 Å². The molecule has 1 aliphatic carbocycles. The molecule has 1 saturated carbocycles. The third-order valence-electron chi connectivity index (χ3n) is 3.79. The Hall–Kier alpha value is -1.03. The van der Waals surface area contributed by atoms with Crippen LogP contribution < -0.4 is 5.32 Å². The first-order chi connectivity index (χ1) is 8.87. The summed E-state index contributed by atoms with van der Waals surface area (Å²) in [4.78, 5) is 12.2. The predicted octanol–water partition coefficient (Wildman–Crippen LogP) is 3.98. The summed E-state index contributed by atoms with van der Waals surface area (Å²) >= 11 is 3.45. The SMILES string of the molecule is COC(=O)C1(Nc2cccc(Br)c2)CCC(C)(C)C1. The van der Waals surface area contributed by atoms with Crippen LogP contribution in [0.1, 0.15) is 33.1 Å². The Morgan fingerprint density at radius 1 is 1.37 bits per heavy atom. The summed E-state index contributed by atoms with van der Waals surface area (Å²) < 4.78 is 6.02. The number of hydrogen-bond donors (Lipinski definition) is 1. The van der Waals surface area contributed by atoms with Gasteiger partial charge in [0.05, 0.1) is 7.11 Å². The van der Waals surface area contributed by atoms with Gasteiger partial charge in [-0.15, -0.1) is 0 Å². The van der Waals surface area contributed by atoms with Gasteiger partial charge in [0.2, 0.25) is 0 Å². The molecule has 1 aromatic rings. The molecule has 1 N–H and O–H groups in total. The fraction of sp³-hybridized carbons (Fsp3) is 0.533. The lowest BCUT2D eigenvalue weighted by Crippen LogP contribution is -2.45. The fourth-order valence-electron chi connectivity index (χ4n) is 2.92. The van der Waals surface area contributed by atoms with Crippen LogP contribution in [0.4, 0.5) is 5.69 Å². The molecule has 1 atom stereocenters. The van der Waals surface area contributed by atoms with Gasteiger partial charge in [-0.05, 0) is 42.9 Å². The summed E-state index contributed by atoms with van der Waals surface area (Å²) in [6.45, 7) is 4.39. The van der Waals surface area contributed by atoms with Gasteiger partial charge in [-0.1, -0.05) is 35.8 Å². The average molecular weight is 326 g/mol. The van der Waals surface area contributed by atoms with Crippen LogP contribution in [0.15, 0.2) is 28.7 Å². The van der Waals surface area contributed by atoms with Gasteiger partial charge < -0.3 is 10.1 Å². The van der Waals surface area contributed by atoms with E-state index in [9.17, 15) is 4.79 Å². The molecule has 1 aliphatic rings. The largest absolute Gasteiger partial charge is 0.467 e. The van der Waals surface area contributed by atoms with Crippen molar-refractivity contribution >= 4 is 27.6 Å². The van der Waals surface area contributed by atoms with Crippen LogP contribution in [0.5, 0.6) is 0 Å². The van der Waals surface area contributed by atoms with Gasteiger partial charge in [-0.2, -0.15) is 0 Å². The lowest BCUT2D eigenvalue weighted by atomic mass is 9.87. The molecule has 0 spiro atoms. The number of ether oxygens (including phenoxy) is 1. The van der Waals surface area contributed by atoms with Gasteiger partial charge in [-0.25, -0.2) is 4.79 Å². The van der Waals surface area contributed by atoms with E-state index in [1.54, 1.807) is 0 Å². The van der Waals surface area contributed by atoms with Crippen LogP contribution in [-0.2, 0) is 9.53 Å². The molecule has 4 heteroatoms. The van der Waals surface area contributed by atoms with Gasteiger partial charge in [0.1, 0.15) is 5.54 Å². The van der Waals surface area contributed by atoms with Crippen LogP contribution in [0.3, 0.4) is 0 Å². The van der Waals surface area contributed by atoms with E-state index in [0.29, 0.717) is 0 Å². The normalized spacial score (nSPS) is 25.1. The Balaban J connectivity index is 2.28. The molecule has 19 heavy (non-hydrogen) atoms. The smallest absolute Gasteiger partial charge is 0.331 e. The van der Waals surface area contributed by atoms with Crippen molar-refractivity contribution in [2.24, 2.45) is 5.41 Å². The maximum atomic E-state index is 12.2. The second-order valence-electron chi connectivity index (χ2n) is 6.05. The number of rotatable bonds is 3. The van der Waals surface area contributed by atoms with Crippen molar-refractivity contribution in [1.29, 1.82) is 0 Å². The van der Waals surface area contributed by atoms with Crippen LogP contribution in [0.25, 0.3) is 0 Å². The predicted molar refractivity (Wildman–Crippen MR) is 80.1 cm³/mol. The number of carbonyl (C=O) groups is 1. The van der Waals surface area contributed by atoms with Crippen LogP contribution in [0.2, 0.25) is 0 Å². The minimum atomic E-state index is -0.598. The standard InChI is InChI=1S/C15H20BrNO2/c1-14(2)7-8-15(10-14,13(18)19-3)17-12-6-4-5-11(16)9-12/h4-6,9,17H,7-8,10H2,1-3H3. The zero-order chi connectivity index (χ0) is 14.1. The maximum Gasteiger partial charge on any atom is 0.331 e. The van der Waals surface area contributed by atoms with Crippen LogP contribution in [0, 0.1) is 5.41 Å². The molecule has 2 rings (SSSR count). The minimum absolute atomic E-state index is 0.160. The molecule has 0 aromatic heterocycles. The van der Waals surface area contributed by atoms with Crippen molar-refractivity contribution in [1.82, 2.24) is 0 Å². The second kappa shape index (κ2) is 5.16. The van der Waals surface area contributed by atoms with Crippen molar-refractivity contribution in [3.8, 4) is 0 Å². The Bertz CT molecular complexity index is 487. The van der Waals surface area contributed by atoms with Gasteiger partial charge in [0.25, 0.3) is 0 Å². The van der Waals surface area contributed by atoms with Crippen molar-refractivity contribution < 1.29 is 9.53 Å². The number of benzene rings is 1. The summed E-state index contributed by atoms with van der Waals surface area (Å²) in [5.74, 6) is -0.168. The highest BCUT2D eigenvalue weighted by Crippen LogP contribution is 2.45. The lowest BCUT2D eigenvalue weighted by Gasteiger charge is -2.30. The van der Waals surface area contributed by atoms with E-state index < -0.39 is 5.54 Å². The molecule has 0 heterocycles. The molecule has 0 amide bonds. The molecular weight excluding hydrogens is 306 g/mol. The number of anilines is 1. The summed E-state index contributed by atoms with van der Waals surface area (Å²) in [5.41, 5.74) is 0.504. The fourth-order valence-corrected chi connectivity index (χ4v) is 3.31. The van der Waals surface area contributed by atoms with Crippen molar-refractivity contribution in [3.05, 3.63) is 28.7 Å². The van der Waals surface area contributed by atoms with Crippen molar-refractivity contribution in [2.75, 3.05) is 12.4 Å². The number of hydrogen-bond acceptors (Lipinski definition) is 3. The summed E-state index contributed by atoms with van der Waals surface area (Å²) in [6.07, 6.45) is 2.61. The van der Waals surface area contributed by atoms with Gasteiger partial charge >= 0.3 is 5.97 Å². The minimum Gasteiger partial charge on any atom is -0.467 e. The van der Waals surface area contributed by atoms with E-state index in [0.717, 1.165) is 29.4 Å². The maximum absolute atomic E-state index is 12.2. The highest BCUT2D eigenvalue weighted by Gasteiger charge is 2.49. The molecule has 0 bridgehead atoms. The summed E-state index contributed by atoms with van der Waals surface area (Å²) in [6, 6.07) is 7.88. The monoisotopic (exact) mass is 325 g/mol. The topological polar surface area (TPSA) is 38.3 Å². The molecule has 104 valence electrons. The molecule has 0 radical (unpaired) electrons. The first-order valence-electron chi connectivity index (χ1n) is 6.49. The van der Waals surface area contributed by atoms with Crippen molar-refractivity contribution in [3.63, 3.8) is 0 Å². The molecule has 3 nitrogen and oxygen atoms in total. The first-order valence-corrected chi connectivity index (χ1v) is 7.28. The molecule has 1 fully saturated rings. The number of esters is 1. The van der Waals surface area contributed by atoms with Gasteiger partial charge in [0, 0.05) is 10.2 Å². The number of nitrogens with one attached hydrogen (secondary N) is 1. The highest BCUT2D eigenvalue weighted by atomic mass is 79.9. The summed E-state index contributed by atoms with van der Waals surface area (Å²) in [5, 5.41) is 3.40. The van der Waals surface area contributed by atoms with Crippen molar-refractivity contribution in [2.45, 2.75) is 38.6 Å². The number of halogens is 1. The third-order valence-corrected chi connectivity index (χ3v) is 4.29. The van der Waals surface area contributed by atoms with E-state index in [1.807, 2.05) is 24.3 Å².